The van der Waals surface area contributed by atoms with Crippen LogP contribution in [0, 0.1) is 0 Å². The minimum absolute atomic E-state index is 0.544. The standard InChI is InChI=1S/C13H10N4S2/c1-2-4-10-9(3-1)16-13(17-10,11-7-18-8-15-11)12-14-5-6-19-12/h1-8,16-17H. The summed E-state index contributed by atoms with van der Waals surface area (Å²) in [5.41, 5.74) is 4.40. The van der Waals surface area contributed by atoms with Gasteiger partial charge in [0.05, 0.1) is 16.9 Å². The van der Waals surface area contributed by atoms with Gasteiger partial charge in [0, 0.05) is 17.0 Å². The molecule has 0 saturated heterocycles. The van der Waals surface area contributed by atoms with Crippen molar-refractivity contribution in [1.29, 1.82) is 0 Å². The lowest BCUT2D eigenvalue weighted by molar-refractivity contribution is 0.674. The van der Waals surface area contributed by atoms with Crippen molar-refractivity contribution in [3.05, 3.63) is 57.4 Å². The van der Waals surface area contributed by atoms with Crippen molar-refractivity contribution in [2.45, 2.75) is 5.66 Å². The third-order valence-corrected chi connectivity index (χ3v) is 4.62. The van der Waals surface area contributed by atoms with Crippen molar-refractivity contribution in [2.75, 3.05) is 10.6 Å². The van der Waals surface area contributed by atoms with Crippen LogP contribution in [0.1, 0.15) is 10.7 Å². The number of aromatic nitrogens is 2. The molecule has 1 aromatic carbocycles. The Bertz CT molecular complexity index is 630. The van der Waals surface area contributed by atoms with E-state index >= 15 is 0 Å². The summed E-state index contributed by atoms with van der Waals surface area (Å²) in [6, 6.07) is 8.16. The van der Waals surface area contributed by atoms with Gasteiger partial charge >= 0.3 is 0 Å². The summed E-state index contributed by atoms with van der Waals surface area (Å²) in [6.45, 7) is 0. The molecular formula is C13H10N4S2. The Morgan fingerprint density at radius 1 is 1.05 bits per heavy atom. The number of thiazole rings is 2. The Morgan fingerprint density at radius 2 is 1.84 bits per heavy atom. The van der Waals surface area contributed by atoms with Crippen LogP contribution in [0.5, 0.6) is 0 Å². The zero-order valence-corrected chi connectivity index (χ0v) is 11.5. The van der Waals surface area contributed by atoms with Crippen LogP contribution in [-0.4, -0.2) is 9.97 Å². The molecule has 2 N–H and O–H groups in total. The van der Waals surface area contributed by atoms with Crippen molar-refractivity contribution in [3.63, 3.8) is 0 Å². The van der Waals surface area contributed by atoms with Gasteiger partial charge in [-0.15, -0.1) is 22.7 Å². The van der Waals surface area contributed by atoms with Crippen LogP contribution in [0.4, 0.5) is 11.4 Å². The third-order valence-electron chi connectivity index (χ3n) is 3.14. The maximum atomic E-state index is 4.47. The first-order chi connectivity index (χ1) is 9.38. The molecule has 0 fully saturated rings. The second kappa shape index (κ2) is 4.04. The van der Waals surface area contributed by atoms with Gasteiger partial charge in [-0.2, -0.15) is 0 Å². The molecular weight excluding hydrogens is 276 g/mol. The molecule has 0 atom stereocenters. The number of hydrogen-bond donors (Lipinski definition) is 2. The molecule has 0 spiro atoms. The molecule has 4 nitrogen and oxygen atoms in total. The van der Waals surface area contributed by atoms with Gasteiger partial charge in [0.2, 0.25) is 5.66 Å². The van der Waals surface area contributed by atoms with Crippen molar-refractivity contribution in [2.24, 2.45) is 0 Å². The Labute approximate surface area is 118 Å². The Morgan fingerprint density at radius 3 is 2.42 bits per heavy atom. The van der Waals surface area contributed by atoms with E-state index in [0.717, 1.165) is 22.1 Å². The molecule has 0 amide bonds. The van der Waals surface area contributed by atoms with E-state index in [1.54, 1.807) is 22.7 Å². The van der Waals surface area contributed by atoms with Crippen molar-refractivity contribution >= 4 is 34.0 Å². The summed E-state index contributed by atoms with van der Waals surface area (Å²) in [5.74, 6) is 0. The predicted molar refractivity (Wildman–Crippen MR) is 78.7 cm³/mol. The topological polar surface area (TPSA) is 49.8 Å². The van der Waals surface area contributed by atoms with Crippen LogP contribution in [0.3, 0.4) is 0 Å². The summed E-state index contributed by atoms with van der Waals surface area (Å²) < 4.78 is 0. The molecule has 94 valence electrons. The highest BCUT2D eigenvalue weighted by Crippen LogP contribution is 2.43. The first kappa shape index (κ1) is 11.0. The molecule has 0 unspecified atom stereocenters. The number of fused-ring (bicyclic) bond motifs is 1. The molecule has 1 aliphatic rings. The highest BCUT2D eigenvalue weighted by atomic mass is 32.1. The fourth-order valence-electron chi connectivity index (χ4n) is 2.29. The lowest BCUT2D eigenvalue weighted by atomic mass is 10.1. The number of nitrogens with zero attached hydrogens (tertiary/aromatic N) is 2. The molecule has 0 aliphatic carbocycles. The minimum Gasteiger partial charge on any atom is -0.350 e. The highest BCUT2D eigenvalue weighted by Gasteiger charge is 2.43. The van der Waals surface area contributed by atoms with Crippen LogP contribution >= 0.6 is 22.7 Å². The zero-order valence-electron chi connectivity index (χ0n) is 9.83. The SMILES string of the molecule is c1ccc2c(c1)NC(c1cscn1)(c1nccs1)N2. The zero-order chi connectivity index (χ0) is 12.7. The molecule has 19 heavy (non-hydrogen) atoms. The average Bonchev–Trinajstić information content (AvgIpc) is 3.18. The van der Waals surface area contributed by atoms with Crippen molar-refractivity contribution in [1.82, 2.24) is 9.97 Å². The molecule has 4 rings (SSSR count). The molecule has 6 heteroatoms. The van der Waals surface area contributed by atoms with Gasteiger partial charge in [0.1, 0.15) is 10.7 Å². The Kier molecular flexibility index (Phi) is 2.33. The normalized spacial score (nSPS) is 15.6. The van der Waals surface area contributed by atoms with Crippen LogP contribution in [0.2, 0.25) is 0 Å². The number of rotatable bonds is 2. The van der Waals surface area contributed by atoms with Gasteiger partial charge in [-0.25, -0.2) is 9.97 Å². The summed E-state index contributed by atoms with van der Waals surface area (Å²) in [6.07, 6.45) is 1.82. The first-order valence-corrected chi connectivity index (χ1v) is 7.65. The van der Waals surface area contributed by atoms with E-state index in [-0.39, 0.29) is 0 Å². The van der Waals surface area contributed by atoms with E-state index in [0.29, 0.717) is 0 Å². The number of anilines is 2. The predicted octanol–water partition coefficient (Wildman–Crippen LogP) is 3.34. The summed E-state index contributed by atoms with van der Waals surface area (Å²) >= 11 is 3.20. The molecule has 3 aromatic rings. The monoisotopic (exact) mass is 286 g/mol. The second-order valence-electron chi connectivity index (χ2n) is 4.26. The molecule has 2 aromatic heterocycles. The van der Waals surface area contributed by atoms with E-state index in [4.69, 9.17) is 0 Å². The van der Waals surface area contributed by atoms with Gasteiger partial charge < -0.3 is 10.6 Å². The van der Waals surface area contributed by atoms with Gasteiger partial charge in [-0.3, -0.25) is 0 Å². The Balaban J connectivity index is 1.89. The fourth-order valence-corrected chi connectivity index (χ4v) is 3.64. The number of hydrogen-bond acceptors (Lipinski definition) is 6. The quantitative estimate of drug-likeness (QED) is 0.758. The minimum atomic E-state index is -0.544. The first-order valence-electron chi connectivity index (χ1n) is 5.82. The van der Waals surface area contributed by atoms with Gasteiger partial charge in [0.25, 0.3) is 0 Å². The third kappa shape index (κ3) is 1.57. The van der Waals surface area contributed by atoms with Gasteiger partial charge in [-0.05, 0) is 12.1 Å². The number of para-hydroxylation sites is 2. The summed E-state index contributed by atoms with van der Waals surface area (Å²) in [7, 11) is 0. The highest BCUT2D eigenvalue weighted by molar-refractivity contribution is 7.10. The van der Waals surface area contributed by atoms with Gasteiger partial charge in [-0.1, -0.05) is 12.1 Å². The molecule has 0 bridgehead atoms. The van der Waals surface area contributed by atoms with Crippen LogP contribution in [0.15, 0.2) is 46.7 Å². The summed E-state index contributed by atoms with van der Waals surface area (Å²) in [4.78, 5) is 8.94. The van der Waals surface area contributed by atoms with E-state index < -0.39 is 5.66 Å². The van der Waals surface area contributed by atoms with E-state index in [2.05, 4.69) is 32.7 Å². The molecule has 0 radical (unpaired) electrons. The molecule has 0 saturated carbocycles. The number of benzene rings is 1. The number of nitrogens with one attached hydrogen (secondary N) is 2. The Hall–Kier alpha value is -1.92. The fraction of sp³-hybridized carbons (Fsp3) is 0.0769. The molecule has 1 aliphatic heterocycles. The average molecular weight is 286 g/mol. The lowest BCUT2D eigenvalue weighted by Gasteiger charge is -2.26. The van der Waals surface area contributed by atoms with E-state index in [1.807, 2.05) is 34.6 Å². The van der Waals surface area contributed by atoms with Crippen LogP contribution < -0.4 is 10.6 Å². The van der Waals surface area contributed by atoms with Gasteiger partial charge in [0.15, 0.2) is 0 Å². The second-order valence-corrected chi connectivity index (χ2v) is 5.87. The molecule has 3 heterocycles. The van der Waals surface area contributed by atoms with Crippen LogP contribution in [0.25, 0.3) is 0 Å². The van der Waals surface area contributed by atoms with Crippen molar-refractivity contribution in [3.8, 4) is 0 Å². The maximum absolute atomic E-state index is 4.47. The van der Waals surface area contributed by atoms with Crippen LogP contribution in [-0.2, 0) is 5.66 Å². The summed E-state index contributed by atoms with van der Waals surface area (Å²) in [5, 5.41) is 12.1. The largest absolute Gasteiger partial charge is 0.350 e. The maximum Gasteiger partial charge on any atom is 0.206 e. The van der Waals surface area contributed by atoms with E-state index in [1.165, 1.54) is 0 Å². The smallest absolute Gasteiger partial charge is 0.206 e. The lowest BCUT2D eigenvalue weighted by Crippen LogP contribution is -2.40. The van der Waals surface area contributed by atoms with E-state index in [9.17, 15) is 0 Å². The van der Waals surface area contributed by atoms with Crippen molar-refractivity contribution < 1.29 is 0 Å².